The Hall–Kier alpha value is -0.730. The lowest BCUT2D eigenvalue weighted by Crippen LogP contribution is -2.20. The maximum atomic E-state index is 3.92. The number of rotatable bonds is 1. The summed E-state index contributed by atoms with van der Waals surface area (Å²) in [5, 5.41) is 3.92. The van der Waals surface area contributed by atoms with Crippen LogP contribution in [0.5, 0.6) is 0 Å². The van der Waals surface area contributed by atoms with E-state index in [2.05, 4.69) is 10.5 Å². The van der Waals surface area contributed by atoms with Crippen molar-refractivity contribution in [3.63, 3.8) is 0 Å². The Balaban J connectivity index is 3.61. The number of hydrogen-bond acceptors (Lipinski definition) is 2. The molecule has 0 atom stereocenters. The van der Waals surface area contributed by atoms with Crippen LogP contribution in [0.25, 0.3) is 0 Å². The van der Waals surface area contributed by atoms with Gasteiger partial charge in [0.15, 0.2) is 0 Å². The third-order valence-electron chi connectivity index (χ3n) is 0.921. The third kappa shape index (κ3) is 2.44. The Bertz CT molecular complexity index is 85.7. The van der Waals surface area contributed by atoms with Gasteiger partial charge in [0.05, 0.1) is 0 Å². The van der Waals surface area contributed by atoms with Crippen molar-refractivity contribution in [2.24, 2.45) is 5.10 Å². The molecule has 0 heterocycles. The van der Waals surface area contributed by atoms with Crippen molar-refractivity contribution >= 4 is 5.84 Å². The van der Waals surface area contributed by atoms with Crippen LogP contribution in [0.15, 0.2) is 5.10 Å². The summed E-state index contributed by atoms with van der Waals surface area (Å²) in [6.07, 6.45) is 0. The molecule has 0 saturated carbocycles. The van der Waals surface area contributed by atoms with Crippen molar-refractivity contribution in [1.82, 2.24) is 10.3 Å². The van der Waals surface area contributed by atoms with E-state index < -0.39 is 0 Å². The molecule has 0 radical (unpaired) electrons. The zero-order valence-electron chi connectivity index (χ0n) is 5.89. The molecule has 0 bridgehead atoms. The highest BCUT2D eigenvalue weighted by Gasteiger charge is 1.87. The maximum Gasteiger partial charge on any atom is 0.121 e. The first-order valence-electron chi connectivity index (χ1n) is 2.57. The first kappa shape index (κ1) is 7.27. The Morgan fingerprint density at radius 3 is 2.12 bits per heavy atom. The van der Waals surface area contributed by atoms with Crippen LogP contribution in [0.3, 0.4) is 0 Å². The average Bonchev–Trinajstić information content (AvgIpc) is 1.67. The minimum Gasteiger partial charge on any atom is -0.365 e. The van der Waals surface area contributed by atoms with Gasteiger partial charge in [0.2, 0.25) is 0 Å². The van der Waals surface area contributed by atoms with Gasteiger partial charge in [0.25, 0.3) is 0 Å². The standard InChI is InChI=1S/C5H13N3/c1-5(7-6-2)8(3)4/h6H,1-4H3/b7-5-. The fourth-order valence-corrected chi connectivity index (χ4v) is 0.262. The van der Waals surface area contributed by atoms with E-state index in [1.807, 2.05) is 25.9 Å². The van der Waals surface area contributed by atoms with Crippen molar-refractivity contribution in [3.8, 4) is 0 Å². The third-order valence-corrected chi connectivity index (χ3v) is 0.921. The molecule has 0 aromatic carbocycles. The van der Waals surface area contributed by atoms with E-state index in [-0.39, 0.29) is 0 Å². The zero-order valence-corrected chi connectivity index (χ0v) is 5.89. The van der Waals surface area contributed by atoms with Gasteiger partial charge in [-0.1, -0.05) is 0 Å². The molecule has 8 heavy (non-hydrogen) atoms. The van der Waals surface area contributed by atoms with Gasteiger partial charge in [-0.3, -0.25) is 0 Å². The normalized spacial score (nSPS) is 11.2. The average molecular weight is 115 g/mol. The van der Waals surface area contributed by atoms with Gasteiger partial charge < -0.3 is 10.3 Å². The molecule has 0 unspecified atom stereocenters. The molecule has 0 fully saturated rings. The Kier molecular flexibility index (Phi) is 2.99. The summed E-state index contributed by atoms with van der Waals surface area (Å²) in [5.41, 5.74) is 2.70. The van der Waals surface area contributed by atoms with Crippen LogP contribution in [0.4, 0.5) is 0 Å². The number of hydrazone groups is 1. The SMILES string of the molecule is CN/N=C(/C)N(C)C. The van der Waals surface area contributed by atoms with Crippen LogP contribution in [0.2, 0.25) is 0 Å². The summed E-state index contributed by atoms with van der Waals surface area (Å²) < 4.78 is 0. The molecule has 0 spiro atoms. The van der Waals surface area contributed by atoms with Gasteiger partial charge in [-0.05, 0) is 6.92 Å². The summed E-state index contributed by atoms with van der Waals surface area (Å²) in [6.45, 7) is 1.94. The van der Waals surface area contributed by atoms with E-state index >= 15 is 0 Å². The molecular formula is C5H13N3. The van der Waals surface area contributed by atoms with E-state index in [1.165, 1.54) is 0 Å². The fraction of sp³-hybridized carbons (Fsp3) is 0.800. The van der Waals surface area contributed by atoms with Gasteiger partial charge in [-0.2, -0.15) is 5.10 Å². The van der Waals surface area contributed by atoms with E-state index in [4.69, 9.17) is 0 Å². The zero-order chi connectivity index (χ0) is 6.57. The molecule has 0 saturated heterocycles. The Morgan fingerprint density at radius 2 is 2.00 bits per heavy atom. The van der Waals surface area contributed by atoms with Crippen LogP contribution < -0.4 is 5.43 Å². The number of nitrogens with one attached hydrogen (secondary N) is 1. The van der Waals surface area contributed by atoms with E-state index in [1.54, 1.807) is 7.05 Å². The molecule has 0 aliphatic carbocycles. The molecule has 0 amide bonds. The van der Waals surface area contributed by atoms with Crippen LogP contribution in [-0.2, 0) is 0 Å². The molecule has 0 aliphatic heterocycles. The van der Waals surface area contributed by atoms with Crippen molar-refractivity contribution in [3.05, 3.63) is 0 Å². The quantitative estimate of drug-likeness (QED) is 0.298. The largest absolute Gasteiger partial charge is 0.365 e. The summed E-state index contributed by atoms with van der Waals surface area (Å²) in [4.78, 5) is 1.94. The van der Waals surface area contributed by atoms with Crippen LogP contribution in [0.1, 0.15) is 6.92 Å². The second-order valence-electron chi connectivity index (χ2n) is 1.78. The second kappa shape index (κ2) is 3.29. The van der Waals surface area contributed by atoms with Gasteiger partial charge in [-0.15, -0.1) is 0 Å². The van der Waals surface area contributed by atoms with E-state index in [0.717, 1.165) is 5.84 Å². The molecule has 0 aliphatic rings. The number of hydrogen-bond donors (Lipinski definition) is 1. The first-order valence-corrected chi connectivity index (χ1v) is 2.57. The van der Waals surface area contributed by atoms with E-state index in [9.17, 15) is 0 Å². The monoisotopic (exact) mass is 115 g/mol. The maximum absolute atomic E-state index is 3.92. The highest BCUT2D eigenvalue weighted by atomic mass is 15.3. The van der Waals surface area contributed by atoms with Crippen molar-refractivity contribution in [2.75, 3.05) is 21.1 Å². The molecular weight excluding hydrogens is 102 g/mol. The highest BCUT2D eigenvalue weighted by molar-refractivity contribution is 5.78. The van der Waals surface area contributed by atoms with Gasteiger partial charge in [0, 0.05) is 21.1 Å². The summed E-state index contributed by atoms with van der Waals surface area (Å²) in [7, 11) is 5.69. The summed E-state index contributed by atoms with van der Waals surface area (Å²) in [5.74, 6) is 0.979. The molecule has 1 N–H and O–H groups in total. The van der Waals surface area contributed by atoms with Gasteiger partial charge in [0.1, 0.15) is 5.84 Å². The minimum absolute atomic E-state index is 0.979. The predicted octanol–water partition coefficient (Wildman–Crippen LogP) is 0.101. The lowest BCUT2D eigenvalue weighted by atomic mass is 10.6. The van der Waals surface area contributed by atoms with Crippen LogP contribution >= 0.6 is 0 Å². The molecule has 3 heteroatoms. The topological polar surface area (TPSA) is 27.6 Å². The Morgan fingerprint density at radius 1 is 1.50 bits per heavy atom. The minimum atomic E-state index is 0.979. The van der Waals surface area contributed by atoms with Gasteiger partial charge >= 0.3 is 0 Å². The predicted molar refractivity (Wildman–Crippen MR) is 35.9 cm³/mol. The number of amidine groups is 1. The molecule has 0 aromatic rings. The lowest BCUT2D eigenvalue weighted by molar-refractivity contribution is 0.607. The van der Waals surface area contributed by atoms with Crippen molar-refractivity contribution in [1.29, 1.82) is 0 Å². The molecule has 0 aromatic heterocycles. The smallest absolute Gasteiger partial charge is 0.121 e. The fourth-order valence-electron chi connectivity index (χ4n) is 0.262. The van der Waals surface area contributed by atoms with Gasteiger partial charge in [-0.25, -0.2) is 0 Å². The highest BCUT2D eigenvalue weighted by Crippen LogP contribution is 1.76. The van der Waals surface area contributed by atoms with Crippen LogP contribution in [-0.4, -0.2) is 31.9 Å². The number of nitrogens with zero attached hydrogens (tertiary/aromatic N) is 2. The molecule has 48 valence electrons. The summed E-state index contributed by atoms with van der Waals surface area (Å²) >= 11 is 0. The lowest BCUT2D eigenvalue weighted by Gasteiger charge is -2.09. The molecule has 0 rings (SSSR count). The first-order chi connectivity index (χ1) is 3.68. The molecule has 3 nitrogen and oxygen atoms in total. The summed E-state index contributed by atoms with van der Waals surface area (Å²) in [6, 6.07) is 0. The van der Waals surface area contributed by atoms with Crippen molar-refractivity contribution < 1.29 is 0 Å². The second-order valence-corrected chi connectivity index (χ2v) is 1.78. The van der Waals surface area contributed by atoms with Crippen LogP contribution in [0, 0.1) is 0 Å². The Labute approximate surface area is 50.4 Å². The van der Waals surface area contributed by atoms with Crippen molar-refractivity contribution in [2.45, 2.75) is 6.92 Å². The van der Waals surface area contributed by atoms with E-state index in [0.29, 0.717) is 0 Å².